The maximum Gasteiger partial charge on any atom is 0.224 e. The smallest absolute Gasteiger partial charge is 0.224 e. The second kappa shape index (κ2) is 11.5. The van der Waals surface area contributed by atoms with Gasteiger partial charge in [0.1, 0.15) is 18.1 Å². The summed E-state index contributed by atoms with van der Waals surface area (Å²) in [5, 5.41) is 7.06. The van der Waals surface area contributed by atoms with Gasteiger partial charge in [0.05, 0.1) is 23.7 Å². The van der Waals surface area contributed by atoms with Crippen molar-refractivity contribution in [3.8, 4) is 5.75 Å². The predicted molar refractivity (Wildman–Crippen MR) is 126 cm³/mol. The first-order chi connectivity index (χ1) is 15.5. The maximum absolute atomic E-state index is 12.6. The number of amides is 1. The normalized spacial score (nSPS) is 12.0. The average Bonchev–Trinajstić information content (AvgIpc) is 3.14. The third-order valence-corrected chi connectivity index (χ3v) is 5.78. The van der Waals surface area contributed by atoms with Gasteiger partial charge in [-0.25, -0.2) is 0 Å². The van der Waals surface area contributed by atoms with Crippen molar-refractivity contribution in [1.82, 2.24) is 15.4 Å². The molecule has 0 bridgehead atoms. The zero-order chi connectivity index (χ0) is 22.9. The summed E-state index contributed by atoms with van der Waals surface area (Å²) in [5.41, 5.74) is 3.98. The van der Waals surface area contributed by atoms with Gasteiger partial charge in [-0.3, -0.25) is 9.69 Å². The second-order valence-electron chi connectivity index (χ2n) is 7.86. The highest BCUT2D eigenvalue weighted by atomic mass is 16.5. The molecule has 0 fully saturated rings. The minimum absolute atomic E-state index is 0.0162. The number of nitrogens with zero attached hydrogens (tertiary/aromatic N) is 2. The molecule has 6 heteroatoms. The zero-order valence-electron chi connectivity index (χ0n) is 19.4. The number of nitrogens with one attached hydrogen (secondary N) is 1. The summed E-state index contributed by atoms with van der Waals surface area (Å²) >= 11 is 0. The van der Waals surface area contributed by atoms with Crippen molar-refractivity contribution in [2.45, 2.75) is 46.8 Å². The number of aryl methyl sites for hydroxylation is 2. The first-order valence-corrected chi connectivity index (χ1v) is 11.2. The molecule has 1 heterocycles. The lowest BCUT2D eigenvalue weighted by molar-refractivity contribution is -0.120. The Balaban J connectivity index is 1.53. The van der Waals surface area contributed by atoms with Crippen LogP contribution in [0.4, 0.5) is 0 Å². The Kier molecular flexibility index (Phi) is 8.45. The highest BCUT2D eigenvalue weighted by molar-refractivity contribution is 5.78. The molecule has 0 aliphatic carbocycles. The topological polar surface area (TPSA) is 67.6 Å². The first kappa shape index (κ1) is 23.5. The SMILES string of the molecule is CCN(CC)C(CNC(=O)Cc1ccc(OCc2c(C)noc2C)cc1)c1ccccc1. The predicted octanol–water partition coefficient (Wildman–Crippen LogP) is 4.61. The van der Waals surface area contributed by atoms with E-state index in [1.54, 1.807) is 0 Å². The summed E-state index contributed by atoms with van der Waals surface area (Å²) in [6.07, 6.45) is 0.337. The number of benzene rings is 2. The van der Waals surface area contributed by atoms with Crippen molar-refractivity contribution < 1.29 is 14.1 Å². The van der Waals surface area contributed by atoms with E-state index in [1.165, 1.54) is 5.56 Å². The molecule has 0 aliphatic rings. The van der Waals surface area contributed by atoms with Gasteiger partial charge in [-0.2, -0.15) is 0 Å². The van der Waals surface area contributed by atoms with E-state index in [0.717, 1.165) is 41.4 Å². The number of rotatable bonds is 11. The molecular formula is C26H33N3O3. The van der Waals surface area contributed by atoms with Crippen molar-refractivity contribution in [1.29, 1.82) is 0 Å². The molecule has 3 rings (SSSR count). The summed E-state index contributed by atoms with van der Waals surface area (Å²) in [4.78, 5) is 15.0. The number of hydrogen-bond acceptors (Lipinski definition) is 5. The van der Waals surface area contributed by atoms with Crippen LogP contribution in [0.3, 0.4) is 0 Å². The van der Waals surface area contributed by atoms with E-state index in [-0.39, 0.29) is 11.9 Å². The molecule has 6 nitrogen and oxygen atoms in total. The van der Waals surface area contributed by atoms with Crippen LogP contribution >= 0.6 is 0 Å². The van der Waals surface area contributed by atoms with Crippen LogP contribution in [0.1, 0.15) is 48.0 Å². The molecule has 0 aliphatic heterocycles. The van der Waals surface area contributed by atoms with Gasteiger partial charge >= 0.3 is 0 Å². The van der Waals surface area contributed by atoms with Gasteiger partial charge in [-0.1, -0.05) is 61.5 Å². The highest BCUT2D eigenvalue weighted by Gasteiger charge is 2.18. The number of hydrogen-bond donors (Lipinski definition) is 1. The van der Waals surface area contributed by atoms with Crippen LogP contribution in [0.15, 0.2) is 59.1 Å². The van der Waals surface area contributed by atoms with E-state index < -0.39 is 0 Å². The summed E-state index contributed by atoms with van der Waals surface area (Å²) < 4.78 is 11.0. The number of likely N-dealkylation sites (N-methyl/N-ethyl adjacent to an activating group) is 1. The Morgan fingerprint density at radius 2 is 1.75 bits per heavy atom. The second-order valence-corrected chi connectivity index (χ2v) is 7.86. The fourth-order valence-corrected chi connectivity index (χ4v) is 3.82. The fourth-order valence-electron chi connectivity index (χ4n) is 3.82. The summed E-state index contributed by atoms with van der Waals surface area (Å²) in [7, 11) is 0. The van der Waals surface area contributed by atoms with Crippen molar-refractivity contribution >= 4 is 5.91 Å². The molecule has 0 spiro atoms. The minimum Gasteiger partial charge on any atom is -0.489 e. The van der Waals surface area contributed by atoms with Crippen LogP contribution < -0.4 is 10.1 Å². The molecule has 0 radical (unpaired) electrons. The first-order valence-electron chi connectivity index (χ1n) is 11.2. The number of carbonyl (C=O) groups is 1. The van der Waals surface area contributed by atoms with Crippen molar-refractivity contribution in [3.63, 3.8) is 0 Å². The molecule has 2 aromatic carbocycles. The van der Waals surface area contributed by atoms with E-state index >= 15 is 0 Å². The molecular weight excluding hydrogens is 402 g/mol. The molecule has 0 saturated carbocycles. The van der Waals surface area contributed by atoms with E-state index in [1.807, 2.05) is 56.3 Å². The molecule has 1 aromatic heterocycles. The lowest BCUT2D eigenvalue weighted by atomic mass is 10.0. The molecule has 32 heavy (non-hydrogen) atoms. The number of ether oxygens (including phenoxy) is 1. The van der Waals surface area contributed by atoms with E-state index in [4.69, 9.17) is 9.26 Å². The molecule has 0 saturated heterocycles. The minimum atomic E-state index is 0.0162. The Labute approximate surface area is 190 Å². The molecule has 1 unspecified atom stereocenters. The number of carbonyl (C=O) groups excluding carboxylic acids is 1. The van der Waals surface area contributed by atoms with Crippen LogP contribution in [0.5, 0.6) is 5.75 Å². The van der Waals surface area contributed by atoms with Gasteiger partial charge in [0, 0.05) is 6.54 Å². The quantitative estimate of drug-likeness (QED) is 0.476. The molecule has 170 valence electrons. The van der Waals surface area contributed by atoms with Gasteiger partial charge in [0.25, 0.3) is 0 Å². The highest BCUT2D eigenvalue weighted by Crippen LogP contribution is 2.20. The summed E-state index contributed by atoms with van der Waals surface area (Å²) in [6, 6.07) is 18.2. The van der Waals surface area contributed by atoms with Gasteiger partial charge in [0.2, 0.25) is 5.91 Å². The van der Waals surface area contributed by atoms with Crippen molar-refractivity contribution in [2.75, 3.05) is 19.6 Å². The lowest BCUT2D eigenvalue weighted by Gasteiger charge is -2.30. The maximum atomic E-state index is 12.6. The van der Waals surface area contributed by atoms with E-state index in [0.29, 0.717) is 19.6 Å². The standard InChI is InChI=1S/C26H33N3O3/c1-5-29(6-2)25(22-10-8-7-9-11-22)17-27-26(30)16-21-12-14-23(15-13-21)31-18-24-19(3)28-32-20(24)4/h7-15,25H,5-6,16-18H2,1-4H3,(H,27,30). The monoisotopic (exact) mass is 435 g/mol. The van der Waals surface area contributed by atoms with Gasteiger partial charge in [0.15, 0.2) is 0 Å². The Morgan fingerprint density at radius 3 is 2.34 bits per heavy atom. The average molecular weight is 436 g/mol. The molecule has 1 amide bonds. The third-order valence-electron chi connectivity index (χ3n) is 5.78. The zero-order valence-corrected chi connectivity index (χ0v) is 19.4. The fraction of sp³-hybridized carbons (Fsp3) is 0.385. The van der Waals surface area contributed by atoms with E-state index in [2.05, 4.69) is 41.4 Å². The van der Waals surface area contributed by atoms with Crippen LogP contribution in [-0.4, -0.2) is 35.6 Å². The van der Waals surface area contributed by atoms with Gasteiger partial charge < -0.3 is 14.6 Å². The van der Waals surface area contributed by atoms with Crippen LogP contribution in [0.25, 0.3) is 0 Å². The van der Waals surface area contributed by atoms with Gasteiger partial charge in [-0.05, 0) is 50.2 Å². The van der Waals surface area contributed by atoms with Crippen LogP contribution in [-0.2, 0) is 17.8 Å². The molecule has 1 N–H and O–H groups in total. The van der Waals surface area contributed by atoms with Crippen molar-refractivity contribution in [2.24, 2.45) is 0 Å². The third kappa shape index (κ3) is 6.20. The van der Waals surface area contributed by atoms with Crippen molar-refractivity contribution in [3.05, 3.63) is 82.7 Å². The molecule has 1 atom stereocenters. The van der Waals surface area contributed by atoms with Crippen LogP contribution in [0, 0.1) is 13.8 Å². The summed E-state index contributed by atoms with van der Waals surface area (Å²) in [6.45, 7) is 10.9. The number of aromatic nitrogens is 1. The Morgan fingerprint density at radius 1 is 1.06 bits per heavy atom. The Bertz CT molecular complexity index is 960. The van der Waals surface area contributed by atoms with E-state index in [9.17, 15) is 4.79 Å². The lowest BCUT2D eigenvalue weighted by Crippen LogP contribution is -2.38. The Hall–Kier alpha value is -3.12. The van der Waals surface area contributed by atoms with Gasteiger partial charge in [-0.15, -0.1) is 0 Å². The summed E-state index contributed by atoms with van der Waals surface area (Å²) in [5.74, 6) is 1.54. The molecule has 3 aromatic rings. The largest absolute Gasteiger partial charge is 0.489 e. The van der Waals surface area contributed by atoms with Crippen LogP contribution in [0.2, 0.25) is 0 Å².